The third kappa shape index (κ3) is 1.65. The first-order valence-corrected chi connectivity index (χ1v) is 6.15. The zero-order chi connectivity index (χ0) is 12.0. The maximum absolute atomic E-state index is 12.4. The topological polar surface area (TPSA) is 72.4 Å². The summed E-state index contributed by atoms with van der Waals surface area (Å²) in [4.78, 5) is 18.3. The van der Waals surface area contributed by atoms with E-state index in [-0.39, 0.29) is 11.9 Å². The molecule has 2 N–H and O–H groups in total. The van der Waals surface area contributed by atoms with Crippen LogP contribution < -0.4 is 5.73 Å². The van der Waals surface area contributed by atoms with E-state index in [4.69, 9.17) is 10.2 Å². The second kappa shape index (κ2) is 3.84. The van der Waals surface area contributed by atoms with E-state index in [0.29, 0.717) is 23.5 Å². The fraction of sp³-hybridized carbons (Fsp3) is 0.667. The molecular formula is C12H17N3O2. The van der Waals surface area contributed by atoms with Crippen molar-refractivity contribution in [1.29, 1.82) is 0 Å². The molecular weight excluding hydrogens is 218 g/mol. The predicted molar refractivity (Wildman–Crippen MR) is 61.4 cm³/mol. The molecule has 2 aliphatic heterocycles. The highest BCUT2D eigenvalue weighted by molar-refractivity contribution is 5.93. The molecule has 17 heavy (non-hydrogen) atoms. The Kier molecular flexibility index (Phi) is 2.43. The highest BCUT2D eigenvalue weighted by Gasteiger charge is 2.43. The molecule has 5 nitrogen and oxygen atoms in total. The monoisotopic (exact) mass is 235 g/mol. The van der Waals surface area contributed by atoms with E-state index in [1.165, 1.54) is 6.39 Å². The third-order valence-corrected chi connectivity index (χ3v) is 3.94. The Morgan fingerprint density at radius 2 is 2.12 bits per heavy atom. The molecule has 5 heteroatoms. The minimum absolute atomic E-state index is 0.0144. The third-order valence-electron chi connectivity index (χ3n) is 3.94. The molecule has 2 bridgehead atoms. The Hall–Kier alpha value is -1.36. The van der Waals surface area contributed by atoms with Crippen molar-refractivity contribution in [2.24, 2.45) is 5.73 Å². The second-order valence-electron chi connectivity index (χ2n) is 5.10. The molecule has 3 rings (SSSR count). The van der Waals surface area contributed by atoms with Crippen molar-refractivity contribution in [3.63, 3.8) is 0 Å². The van der Waals surface area contributed by atoms with Crippen molar-refractivity contribution < 1.29 is 9.21 Å². The number of aromatic nitrogens is 1. The van der Waals surface area contributed by atoms with E-state index in [0.717, 1.165) is 25.7 Å². The number of oxazole rings is 1. The number of nitrogens with zero attached hydrogens (tertiary/aromatic N) is 2. The lowest BCUT2D eigenvalue weighted by Crippen LogP contribution is -2.50. The van der Waals surface area contributed by atoms with Crippen LogP contribution in [-0.2, 0) is 0 Å². The molecule has 0 aliphatic carbocycles. The number of amides is 1. The lowest BCUT2D eigenvalue weighted by molar-refractivity contribution is 0.0541. The summed E-state index contributed by atoms with van der Waals surface area (Å²) in [5, 5.41) is 0. The normalized spacial score (nSPS) is 31.9. The van der Waals surface area contributed by atoms with Gasteiger partial charge in [-0.25, -0.2) is 4.98 Å². The summed E-state index contributed by atoms with van der Waals surface area (Å²) < 4.78 is 5.20. The van der Waals surface area contributed by atoms with Gasteiger partial charge in [-0.2, -0.15) is 0 Å². The molecule has 2 fully saturated rings. The summed E-state index contributed by atoms with van der Waals surface area (Å²) in [6, 6.07) is 0.828. The van der Waals surface area contributed by atoms with E-state index in [1.807, 2.05) is 4.90 Å². The van der Waals surface area contributed by atoms with Gasteiger partial charge in [-0.3, -0.25) is 4.79 Å². The Labute approximate surface area is 100.0 Å². The standard InChI is InChI=1S/C12H17N3O2/c1-7-11(17-6-14-7)12(16)15-9-2-3-10(15)5-8(13)4-9/h6,8-10H,2-5,13H2,1H3. The van der Waals surface area contributed by atoms with Gasteiger partial charge in [0, 0.05) is 18.1 Å². The van der Waals surface area contributed by atoms with Gasteiger partial charge < -0.3 is 15.1 Å². The van der Waals surface area contributed by atoms with Crippen LogP contribution in [0.4, 0.5) is 0 Å². The number of carbonyl (C=O) groups excluding carboxylic acids is 1. The minimum atomic E-state index is -0.0144. The van der Waals surface area contributed by atoms with Gasteiger partial charge >= 0.3 is 0 Å². The lowest BCUT2D eigenvalue weighted by atomic mass is 9.98. The molecule has 1 amide bonds. The van der Waals surface area contributed by atoms with Gasteiger partial charge in [-0.05, 0) is 32.6 Å². The maximum atomic E-state index is 12.4. The molecule has 0 aromatic carbocycles. The van der Waals surface area contributed by atoms with Crippen LogP contribution in [0.5, 0.6) is 0 Å². The first-order chi connectivity index (χ1) is 8.16. The molecule has 2 saturated heterocycles. The Morgan fingerprint density at radius 3 is 2.65 bits per heavy atom. The van der Waals surface area contributed by atoms with E-state index < -0.39 is 0 Å². The highest BCUT2D eigenvalue weighted by atomic mass is 16.3. The van der Waals surface area contributed by atoms with Crippen LogP contribution in [0.3, 0.4) is 0 Å². The molecule has 3 heterocycles. The SMILES string of the molecule is Cc1ncoc1C(=O)N1C2CCC1CC(N)C2. The van der Waals surface area contributed by atoms with E-state index in [1.54, 1.807) is 6.92 Å². The average molecular weight is 235 g/mol. The summed E-state index contributed by atoms with van der Waals surface area (Å²) in [5.74, 6) is 0.372. The Balaban J connectivity index is 1.86. The number of carbonyl (C=O) groups is 1. The van der Waals surface area contributed by atoms with Gasteiger partial charge in [-0.1, -0.05) is 0 Å². The van der Waals surface area contributed by atoms with Crippen LogP contribution in [0.25, 0.3) is 0 Å². The molecule has 2 unspecified atom stereocenters. The van der Waals surface area contributed by atoms with Crippen LogP contribution in [0, 0.1) is 6.92 Å². The number of hydrogen-bond donors (Lipinski definition) is 1. The van der Waals surface area contributed by atoms with Gasteiger partial charge in [0.2, 0.25) is 5.76 Å². The molecule has 1 aromatic rings. The number of rotatable bonds is 1. The largest absolute Gasteiger partial charge is 0.438 e. The summed E-state index contributed by atoms with van der Waals surface area (Å²) in [7, 11) is 0. The van der Waals surface area contributed by atoms with Crippen LogP contribution in [0.1, 0.15) is 41.9 Å². The minimum Gasteiger partial charge on any atom is -0.438 e. The van der Waals surface area contributed by atoms with Crippen LogP contribution in [0.15, 0.2) is 10.8 Å². The van der Waals surface area contributed by atoms with Gasteiger partial charge in [0.25, 0.3) is 5.91 Å². The summed E-state index contributed by atoms with van der Waals surface area (Å²) in [6.45, 7) is 1.80. The Morgan fingerprint density at radius 1 is 1.47 bits per heavy atom. The van der Waals surface area contributed by atoms with Crippen molar-refractivity contribution in [2.45, 2.75) is 50.7 Å². The van der Waals surface area contributed by atoms with Crippen LogP contribution in [-0.4, -0.2) is 33.9 Å². The van der Waals surface area contributed by atoms with Gasteiger partial charge in [0.15, 0.2) is 6.39 Å². The fourth-order valence-corrected chi connectivity index (χ4v) is 3.18. The van der Waals surface area contributed by atoms with Gasteiger partial charge in [0.05, 0.1) is 5.69 Å². The number of aryl methyl sites for hydroxylation is 1. The number of nitrogens with two attached hydrogens (primary N) is 1. The van der Waals surface area contributed by atoms with Gasteiger partial charge in [0.1, 0.15) is 0 Å². The van der Waals surface area contributed by atoms with E-state index >= 15 is 0 Å². The Bertz CT molecular complexity index is 429. The average Bonchev–Trinajstić information content (AvgIpc) is 2.81. The fourth-order valence-electron chi connectivity index (χ4n) is 3.18. The molecule has 0 spiro atoms. The maximum Gasteiger partial charge on any atom is 0.292 e. The first-order valence-electron chi connectivity index (χ1n) is 6.15. The van der Waals surface area contributed by atoms with Gasteiger partial charge in [-0.15, -0.1) is 0 Å². The van der Waals surface area contributed by atoms with Crippen LogP contribution >= 0.6 is 0 Å². The quantitative estimate of drug-likeness (QED) is 0.790. The zero-order valence-electron chi connectivity index (χ0n) is 9.93. The van der Waals surface area contributed by atoms with E-state index in [9.17, 15) is 4.79 Å². The molecule has 1 aromatic heterocycles. The zero-order valence-corrected chi connectivity index (χ0v) is 9.93. The smallest absolute Gasteiger partial charge is 0.292 e. The van der Waals surface area contributed by atoms with Crippen LogP contribution in [0.2, 0.25) is 0 Å². The van der Waals surface area contributed by atoms with Crippen molar-refractivity contribution >= 4 is 5.91 Å². The molecule has 92 valence electrons. The number of hydrogen-bond acceptors (Lipinski definition) is 4. The van der Waals surface area contributed by atoms with Crippen molar-refractivity contribution in [3.8, 4) is 0 Å². The lowest BCUT2D eigenvalue weighted by Gasteiger charge is -2.37. The predicted octanol–water partition coefficient (Wildman–Crippen LogP) is 1.08. The molecule has 0 saturated carbocycles. The summed E-state index contributed by atoms with van der Waals surface area (Å²) >= 11 is 0. The summed E-state index contributed by atoms with van der Waals surface area (Å²) in [6.07, 6.45) is 5.29. The van der Waals surface area contributed by atoms with Crippen molar-refractivity contribution in [3.05, 3.63) is 17.8 Å². The van der Waals surface area contributed by atoms with Crippen molar-refractivity contribution in [1.82, 2.24) is 9.88 Å². The highest BCUT2D eigenvalue weighted by Crippen LogP contribution is 2.36. The molecule has 2 atom stereocenters. The molecule has 2 aliphatic rings. The first kappa shape index (κ1) is 10.8. The number of fused-ring (bicyclic) bond motifs is 2. The van der Waals surface area contributed by atoms with E-state index in [2.05, 4.69) is 4.98 Å². The summed E-state index contributed by atoms with van der Waals surface area (Å²) in [5.41, 5.74) is 6.66. The van der Waals surface area contributed by atoms with Crippen molar-refractivity contribution in [2.75, 3.05) is 0 Å². The second-order valence-corrected chi connectivity index (χ2v) is 5.10. The molecule has 0 radical (unpaired) electrons. The number of piperidine rings is 1.